The van der Waals surface area contributed by atoms with Crippen molar-refractivity contribution in [2.75, 3.05) is 26.4 Å². The van der Waals surface area contributed by atoms with Crippen molar-refractivity contribution < 1.29 is 74.4 Å². The number of carbonyl (C=O) groups is 1. The third-order valence-corrected chi connectivity index (χ3v) is 6.88. The molecule has 17 heteroatoms. The van der Waals surface area contributed by atoms with Gasteiger partial charge in [0.2, 0.25) is 5.91 Å². The molecular formula is C25H46N2O15. The van der Waals surface area contributed by atoms with E-state index >= 15 is 0 Å². The summed E-state index contributed by atoms with van der Waals surface area (Å²) in [5, 5.41) is 95.0. The predicted molar refractivity (Wildman–Crippen MR) is 140 cm³/mol. The zero-order valence-electron chi connectivity index (χ0n) is 23.6. The first-order chi connectivity index (χ1) is 19.9. The van der Waals surface area contributed by atoms with Crippen LogP contribution >= 0.6 is 0 Å². The maximum absolute atomic E-state index is 11.9. The van der Waals surface area contributed by atoms with Crippen LogP contribution in [0.4, 0.5) is 0 Å². The molecule has 42 heavy (non-hydrogen) atoms. The van der Waals surface area contributed by atoms with Crippen molar-refractivity contribution >= 4 is 5.91 Å². The molecule has 0 aromatic carbocycles. The Morgan fingerprint density at radius 3 is 2.24 bits per heavy atom. The van der Waals surface area contributed by atoms with E-state index in [1.807, 2.05) is 0 Å². The monoisotopic (exact) mass is 614 g/mol. The number of ether oxygens (including phenoxy) is 5. The number of hydrogen-bond donors (Lipinski definition) is 11. The Morgan fingerprint density at radius 2 is 1.64 bits per heavy atom. The molecule has 246 valence electrons. The summed E-state index contributed by atoms with van der Waals surface area (Å²) in [6, 6.07) is 0. The van der Waals surface area contributed by atoms with Crippen molar-refractivity contribution in [1.29, 1.82) is 0 Å². The Labute approximate surface area is 243 Å². The molecule has 2 rings (SSSR count). The summed E-state index contributed by atoms with van der Waals surface area (Å²) < 4.78 is 27.8. The molecule has 12 N–H and O–H groups in total. The van der Waals surface area contributed by atoms with E-state index in [1.165, 1.54) is 6.92 Å². The first kappa shape index (κ1) is 36.6. The van der Waals surface area contributed by atoms with Crippen molar-refractivity contribution in [3.05, 3.63) is 11.5 Å². The molecule has 2 heterocycles. The highest BCUT2D eigenvalue weighted by molar-refractivity contribution is 5.75. The molecule has 0 spiro atoms. The number of nitrogens with two attached hydrogens (primary N) is 1. The molecule has 12 atom stereocenters. The minimum absolute atomic E-state index is 0.0512. The highest BCUT2D eigenvalue weighted by Gasteiger charge is 2.51. The fourth-order valence-corrected chi connectivity index (χ4v) is 4.46. The number of hydrogen-bond acceptors (Lipinski definition) is 16. The molecule has 1 amide bonds. The van der Waals surface area contributed by atoms with Crippen LogP contribution in [-0.4, -0.2) is 152 Å². The van der Waals surface area contributed by atoms with Crippen LogP contribution in [0.15, 0.2) is 11.5 Å². The Kier molecular flexibility index (Phi) is 15.4. The summed E-state index contributed by atoms with van der Waals surface area (Å²) in [5.41, 5.74) is 4.96. The van der Waals surface area contributed by atoms with Crippen molar-refractivity contribution in [3.63, 3.8) is 0 Å². The molecule has 2 fully saturated rings. The summed E-state index contributed by atoms with van der Waals surface area (Å²) in [6.45, 7) is 1.67. The van der Waals surface area contributed by atoms with E-state index in [1.54, 1.807) is 0 Å². The lowest BCUT2D eigenvalue weighted by molar-refractivity contribution is -0.368. The third-order valence-electron chi connectivity index (χ3n) is 6.88. The van der Waals surface area contributed by atoms with Gasteiger partial charge in [-0.15, -0.1) is 0 Å². The third kappa shape index (κ3) is 9.73. The Hall–Kier alpha value is -1.55. The molecule has 17 nitrogen and oxygen atoms in total. The summed E-state index contributed by atoms with van der Waals surface area (Å²) >= 11 is 0. The molecule has 0 aromatic heterocycles. The van der Waals surface area contributed by atoms with Gasteiger partial charge < -0.3 is 80.7 Å². The summed E-state index contributed by atoms with van der Waals surface area (Å²) in [7, 11) is 0. The average Bonchev–Trinajstić information content (AvgIpc) is 2.95. The van der Waals surface area contributed by atoms with Crippen LogP contribution in [0.3, 0.4) is 0 Å². The lowest BCUT2D eigenvalue weighted by Crippen LogP contribution is -2.64. The first-order valence-corrected chi connectivity index (χ1v) is 13.8. The Morgan fingerprint density at radius 1 is 0.952 bits per heavy atom. The Bertz CT molecular complexity index is 851. The molecule has 0 radical (unpaired) electrons. The van der Waals surface area contributed by atoms with Gasteiger partial charge in [-0.1, -0.05) is 0 Å². The molecule has 0 aromatic rings. The molecule has 0 aliphatic carbocycles. The highest BCUT2D eigenvalue weighted by Crippen LogP contribution is 2.31. The van der Waals surface area contributed by atoms with E-state index in [-0.39, 0.29) is 13.0 Å². The SMILES string of the molecule is CC(=O)N/C(=C(\O)[C@@H](CCO)O[C@@H]1OC(CO)[C@H](O)C(O)C1O[C@@H]1OC(C)[C@@H](O)C(O)C1O)[C@@H](O)OCCCCCN. The predicted octanol–water partition coefficient (Wildman–Crippen LogP) is -4.22. The van der Waals surface area contributed by atoms with Crippen molar-refractivity contribution in [2.24, 2.45) is 5.73 Å². The largest absolute Gasteiger partial charge is 0.507 e. The number of rotatable bonds is 16. The minimum Gasteiger partial charge on any atom is -0.507 e. The molecule has 2 aliphatic heterocycles. The Balaban J connectivity index is 2.35. The maximum Gasteiger partial charge on any atom is 0.221 e. The minimum atomic E-state index is -1.84. The standard InChI is InChI=1S/C25H46N2O15/c1-11-16(31)19(34)21(36)24(39-11)42-22-20(35)18(33)14(10-29)41-25(22)40-13(6-8-28)17(32)15(27-12(2)30)23(37)38-9-5-3-4-7-26/h11,13-14,16,18-25,28-29,31-37H,3-10,26H2,1-2H3,(H,27,30)/b17-15-/t11?,13-,14?,16-,18+,19?,20?,21?,22?,23+,24+,25-/m1/s1. The van der Waals surface area contributed by atoms with Gasteiger partial charge in [0.1, 0.15) is 60.3 Å². The number of unbranched alkanes of at least 4 members (excludes halogenated alkanes) is 2. The van der Waals surface area contributed by atoms with E-state index in [9.17, 15) is 50.8 Å². The quantitative estimate of drug-likeness (QED) is 0.0446. The molecule has 2 saturated heterocycles. The van der Waals surface area contributed by atoms with Gasteiger partial charge in [0, 0.05) is 20.0 Å². The van der Waals surface area contributed by atoms with Gasteiger partial charge in [0.25, 0.3) is 0 Å². The van der Waals surface area contributed by atoms with Crippen molar-refractivity contribution in [2.45, 2.75) is 113 Å². The zero-order chi connectivity index (χ0) is 31.6. The van der Waals surface area contributed by atoms with E-state index < -0.39 is 104 Å². The summed E-state index contributed by atoms with van der Waals surface area (Å²) in [4.78, 5) is 11.9. The van der Waals surface area contributed by atoms with E-state index in [4.69, 9.17) is 29.4 Å². The van der Waals surface area contributed by atoms with E-state index in [0.717, 1.165) is 13.3 Å². The van der Waals surface area contributed by atoms with Crippen LogP contribution in [0.2, 0.25) is 0 Å². The topological polar surface area (TPSA) is 283 Å². The average molecular weight is 615 g/mol. The smallest absolute Gasteiger partial charge is 0.221 e. The van der Waals surface area contributed by atoms with Crippen LogP contribution in [0.1, 0.15) is 39.5 Å². The second kappa shape index (κ2) is 17.7. The fraction of sp³-hybridized carbons (Fsp3) is 0.880. The first-order valence-electron chi connectivity index (χ1n) is 13.8. The fourth-order valence-electron chi connectivity index (χ4n) is 4.46. The molecule has 0 saturated carbocycles. The summed E-state index contributed by atoms with van der Waals surface area (Å²) in [6.07, 6.45) is -17.8. The number of carbonyl (C=O) groups excluding carboxylic acids is 1. The number of amides is 1. The highest BCUT2D eigenvalue weighted by atomic mass is 16.8. The maximum atomic E-state index is 11.9. The van der Waals surface area contributed by atoms with Gasteiger partial charge in [-0.2, -0.15) is 0 Å². The number of nitrogens with one attached hydrogen (secondary N) is 1. The van der Waals surface area contributed by atoms with Crippen molar-refractivity contribution in [3.8, 4) is 0 Å². The van der Waals surface area contributed by atoms with Crippen LogP contribution in [-0.2, 0) is 28.5 Å². The lowest BCUT2D eigenvalue weighted by Gasteiger charge is -2.46. The van der Waals surface area contributed by atoms with E-state index in [0.29, 0.717) is 19.4 Å². The lowest BCUT2D eigenvalue weighted by atomic mass is 9.97. The van der Waals surface area contributed by atoms with Crippen LogP contribution in [0.25, 0.3) is 0 Å². The van der Waals surface area contributed by atoms with Gasteiger partial charge in [0.05, 0.1) is 19.3 Å². The molecular weight excluding hydrogens is 568 g/mol. The normalized spacial score (nSPS) is 35.8. The van der Waals surface area contributed by atoms with Crippen LogP contribution < -0.4 is 11.1 Å². The van der Waals surface area contributed by atoms with Gasteiger partial charge in [0.15, 0.2) is 18.9 Å². The molecule has 0 bridgehead atoms. The second-order valence-electron chi connectivity index (χ2n) is 10.2. The van der Waals surface area contributed by atoms with Crippen LogP contribution in [0, 0.1) is 0 Å². The zero-order valence-corrected chi connectivity index (χ0v) is 23.6. The van der Waals surface area contributed by atoms with Gasteiger partial charge in [-0.25, -0.2) is 0 Å². The van der Waals surface area contributed by atoms with Crippen molar-refractivity contribution in [1.82, 2.24) is 5.32 Å². The van der Waals surface area contributed by atoms with Gasteiger partial charge in [-0.05, 0) is 32.7 Å². The van der Waals surface area contributed by atoms with Gasteiger partial charge in [-0.3, -0.25) is 4.79 Å². The van der Waals surface area contributed by atoms with E-state index in [2.05, 4.69) is 5.32 Å². The second-order valence-corrected chi connectivity index (χ2v) is 10.2. The molecule has 6 unspecified atom stereocenters. The molecule has 2 aliphatic rings. The number of aliphatic hydroxyl groups excluding tert-OH is 9. The van der Waals surface area contributed by atoms with Gasteiger partial charge >= 0.3 is 0 Å². The van der Waals surface area contributed by atoms with Crippen LogP contribution in [0.5, 0.6) is 0 Å². The summed E-state index contributed by atoms with van der Waals surface area (Å²) in [5.74, 6) is -1.46. The number of aliphatic hydroxyl groups is 9.